The summed E-state index contributed by atoms with van der Waals surface area (Å²) in [4.78, 5) is 2.38. The molecule has 0 spiro atoms. The SMILES string of the molecule is Cc1cc(C2CCCN2Cc2ccc(Sc3nncn3C)o2)on1. The van der Waals surface area contributed by atoms with Crippen molar-refractivity contribution in [2.24, 2.45) is 7.05 Å². The lowest BCUT2D eigenvalue weighted by molar-refractivity contribution is 0.190. The topological polar surface area (TPSA) is 73.1 Å². The summed E-state index contributed by atoms with van der Waals surface area (Å²) in [7, 11) is 1.92. The number of likely N-dealkylation sites (tertiary alicyclic amines) is 1. The van der Waals surface area contributed by atoms with Crippen molar-refractivity contribution in [3.63, 3.8) is 0 Å². The van der Waals surface area contributed by atoms with E-state index in [0.717, 1.165) is 53.4 Å². The highest BCUT2D eigenvalue weighted by Crippen LogP contribution is 2.34. The van der Waals surface area contributed by atoms with E-state index in [1.807, 2.05) is 36.7 Å². The lowest BCUT2D eigenvalue weighted by atomic mass is 10.1. The molecule has 3 aromatic rings. The Bertz CT molecular complexity index is 824. The number of hydrogen-bond donors (Lipinski definition) is 0. The van der Waals surface area contributed by atoms with Gasteiger partial charge in [-0.2, -0.15) is 0 Å². The van der Waals surface area contributed by atoms with Gasteiger partial charge >= 0.3 is 0 Å². The molecule has 1 unspecified atom stereocenters. The second kappa shape index (κ2) is 6.45. The van der Waals surface area contributed by atoms with E-state index in [1.165, 1.54) is 11.8 Å². The lowest BCUT2D eigenvalue weighted by Gasteiger charge is -2.20. The summed E-state index contributed by atoms with van der Waals surface area (Å²) < 4.78 is 13.3. The van der Waals surface area contributed by atoms with Crippen molar-refractivity contribution in [1.82, 2.24) is 24.8 Å². The van der Waals surface area contributed by atoms with Crippen molar-refractivity contribution in [3.8, 4) is 0 Å². The van der Waals surface area contributed by atoms with Gasteiger partial charge in [-0.3, -0.25) is 4.90 Å². The second-order valence-electron chi connectivity index (χ2n) is 6.05. The summed E-state index contributed by atoms with van der Waals surface area (Å²) in [6, 6.07) is 6.32. The van der Waals surface area contributed by atoms with Gasteiger partial charge in [0.15, 0.2) is 16.0 Å². The molecule has 1 saturated heterocycles. The summed E-state index contributed by atoms with van der Waals surface area (Å²) in [5, 5.41) is 13.6. The van der Waals surface area contributed by atoms with Gasteiger partial charge in [-0.15, -0.1) is 10.2 Å². The van der Waals surface area contributed by atoms with Crippen molar-refractivity contribution < 1.29 is 8.94 Å². The predicted octanol–water partition coefficient (Wildman–Crippen LogP) is 3.19. The van der Waals surface area contributed by atoms with Crippen molar-refractivity contribution in [3.05, 3.63) is 41.7 Å². The van der Waals surface area contributed by atoms with Crippen LogP contribution in [-0.4, -0.2) is 31.4 Å². The molecule has 1 aliphatic rings. The fourth-order valence-corrected chi connectivity index (χ4v) is 3.77. The van der Waals surface area contributed by atoms with Crippen molar-refractivity contribution in [2.75, 3.05) is 6.54 Å². The zero-order valence-corrected chi connectivity index (χ0v) is 14.5. The highest BCUT2D eigenvalue weighted by molar-refractivity contribution is 7.99. The van der Waals surface area contributed by atoms with Gasteiger partial charge in [0.2, 0.25) is 0 Å². The molecule has 4 rings (SSSR count). The van der Waals surface area contributed by atoms with Gasteiger partial charge in [-0.1, -0.05) is 5.16 Å². The van der Waals surface area contributed by atoms with Gasteiger partial charge < -0.3 is 13.5 Å². The summed E-state index contributed by atoms with van der Waals surface area (Å²) >= 11 is 1.48. The molecule has 0 radical (unpaired) electrons. The molecule has 8 heteroatoms. The largest absolute Gasteiger partial charge is 0.453 e. The number of hydrogen-bond acceptors (Lipinski definition) is 7. The molecule has 1 atom stereocenters. The molecule has 0 aliphatic carbocycles. The van der Waals surface area contributed by atoms with E-state index < -0.39 is 0 Å². The molecule has 126 valence electrons. The highest BCUT2D eigenvalue weighted by Gasteiger charge is 2.29. The van der Waals surface area contributed by atoms with Gasteiger partial charge in [0.1, 0.15) is 12.1 Å². The molecule has 24 heavy (non-hydrogen) atoms. The van der Waals surface area contributed by atoms with Gasteiger partial charge in [0.25, 0.3) is 0 Å². The molecular weight excluding hydrogens is 326 g/mol. The quantitative estimate of drug-likeness (QED) is 0.703. The molecule has 7 nitrogen and oxygen atoms in total. The molecular formula is C16H19N5O2S. The van der Waals surface area contributed by atoms with Gasteiger partial charge in [-0.25, -0.2) is 0 Å². The Morgan fingerprint density at radius 3 is 3.04 bits per heavy atom. The van der Waals surface area contributed by atoms with Crippen LogP contribution in [0.15, 0.2) is 43.7 Å². The maximum atomic E-state index is 5.96. The minimum Gasteiger partial charge on any atom is -0.453 e. The Balaban J connectivity index is 1.44. The van der Waals surface area contributed by atoms with E-state index in [9.17, 15) is 0 Å². The Hall–Kier alpha value is -2.06. The third-order valence-electron chi connectivity index (χ3n) is 4.20. The molecule has 4 heterocycles. The minimum absolute atomic E-state index is 0.283. The Kier molecular flexibility index (Phi) is 4.15. The number of rotatable bonds is 5. The van der Waals surface area contributed by atoms with Crippen LogP contribution in [0.4, 0.5) is 0 Å². The van der Waals surface area contributed by atoms with Crippen molar-refractivity contribution in [1.29, 1.82) is 0 Å². The zero-order chi connectivity index (χ0) is 16.5. The molecule has 1 aliphatic heterocycles. The van der Waals surface area contributed by atoms with Crippen LogP contribution in [0.25, 0.3) is 0 Å². The van der Waals surface area contributed by atoms with Crippen LogP contribution in [-0.2, 0) is 13.6 Å². The zero-order valence-electron chi connectivity index (χ0n) is 13.7. The summed E-state index contributed by atoms with van der Waals surface area (Å²) in [6.07, 6.45) is 3.93. The standard InChI is InChI=1S/C16H19N5O2S/c1-11-8-14(23-19-11)13-4-3-7-21(13)9-12-5-6-15(22-12)24-16-18-17-10-20(16)2/h5-6,8,10,13H,3-4,7,9H2,1-2H3. The average Bonchev–Trinajstić information content (AvgIpc) is 3.31. The molecule has 1 fully saturated rings. The predicted molar refractivity (Wildman–Crippen MR) is 87.5 cm³/mol. The van der Waals surface area contributed by atoms with Crippen LogP contribution in [0, 0.1) is 6.92 Å². The van der Waals surface area contributed by atoms with Crippen LogP contribution < -0.4 is 0 Å². The summed E-state index contributed by atoms with van der Waals surface area (Å²) in [5.74, 6) is 1.90. The van der Waals surface area contributed by atoms with Crippen molar-refractivity contribution >= 4 is 11.8 Å². The fourth-order valence-electron chi connectivity index (χ4n) is 3.03. The molecule has 0 N–H and O–H groups in total. The van der Waals surface area contributed by atoms with E-state index in [0.29, 0.717) is 0 Å². The highest BCUT2D eigenvalue weighted by atomic mass is 32.2. The summed E-state index contributed by atoms with van der Waals surface area (Å²) in [6.45, 7) is 3.76. The summed E-state index contributed by atoms with van der Waals surface area (Å²) in [5.41, 5.74) is 0.928. The molecule has 0 saturated carbocycles. The van der Waals surface area contributed by atoms with Crippen LogP contribution >= 0.6 is 11.8 Å². The van der Waals surface area contributed by atoms with Crippen LogP contribution in [0.2, 0.25) is 0 Å². The van der Waals surface area contributed by atoms with Crippen LogP contribution in [0.3, 0.4) is 0 Å². The van der Waals surface area contributed by atoms with Gasteiger partial charge in [0.05, 0.1) is 18.3 Å². The van der Waals surface area contributed by atoms with Crippen LogP contribution in [0.5, 0.6) is 0 Å². The second-order valence-corrected chi connectivity index (χ2v) is 7.02. The van der Waals surface area contributed by atoms with E-state index >= 15 is 0 Å². The lowest BCUT2D eigenvalue weighted by Crippen LogP contribution is -2.22. The van der Waals surface area contributed by atoms with Gasteiger partial charge in [-0.05, 0) is 50.2 Å². The maximum absolute atomic E-state index is 5.96. The first-order valence-corrected chi connectivity index (χ1v) is 8.78. The number of aryl methyl sites for hydroxylation is 2. The normalized spacial score (nSPS) is 18.5. The average molecular weight is 345 g/mol. The van der Waals surface area contributed by atoms with E-state index in [2.05, 4.69) is 20.3 Å². The molecule has 0 bridgehead atoms. The number of nitrogens with zero attached hydrogens (tertiary/aromatic N) is 5. The number of aromatic nitrogens is 4. The molecule has 3 aromatic heterocycles. The molecule has 0 aromatic carbocycles. The molecule has 0 amide bonds. The van der Waals surface area contributed by atoms with E-state index in [1.54, 1.807) is 6.33 Å². The smallest absolute Gasteiger partial charge is 0.198 e. The van der Waals surface area contributed by atoms with E-state index in [4.69, 9.17) is 8.94 Å². The number of furan rings is 1. The third kappa shape index (κ3) is 3.11. The first kappa shape index (κ1) is 15.5. The van der Waals surface area contributed by atoms with Gasteiger partial charge in [0, 0.05) is 13.1 Å². The maximum Gasteiger partial charge on any atom is 0.198 e. The van der Waals surface area contributed by atoms with Crippen LogP contribution in [0.1, 0.15) is 36.1 Å². The Morgan fingerprint density at radius 2 is 2.29 bits per heavy atom. The Morgan fingerprint density at radius 1 is 1.38 bits per heavy atom. The Labute approximate surface area is 144 Å². The third-order valence-corrected chi connectivity index (χ3v) is 5.17. The first-order valence-electron chi connectivity index (χ1n) is 7.97. The van der Waals surface area contributed by atoms with E-state index in [-0.39, 0.29) is 6.04 Å². The van der Waals surface area contributed by atoms with Crippen molar-refractivity contribution in [2.45, 2.75) is 42.6 Å². The first-order chi connectivity index (χ1) is 11.7. The monoisotopic (exact) mass is 345 g/mol. The minimum atomic E-state index is 0.283. The fraction of sp³-hybridized carbons (Fsp3) is 0.438.